The average molecular weight is 953 g/mol. The Morgan fingerprint density at radius 2 is 0.750 bits per heavy atom. The van der Waals surface area contributed by atoms with Crippen LogP contribution in [0.5, 0.6) is 0 Å². The molecule has 0 fully saturated rings. The Morgan fingerprint density at radius 1 is 0.412 bits per heavy atom. The van der Waals surface area contributed by atoms with E-state index in [0.29, 0.717) is 25.9 Å². The Balaban J connectivity index is 3.58. The van der Waals surface area contributed by atoms with Crippen molar-refractivity contribution >= 4 is 11.9 Å². The number of allylic oxidation sites excluding steroid dienone is 9. The van der Waals surface area contributed by atoms with Crippen LogP contribution in [0.15, 0.2) is 60.8 Å². The molecular weight excluding hydrogens is 839 g/mol. The summed E-state index contributed by atoms with van der Waals surface area (Å²) in [6.07, 6.45) is 74.0. The summed E-state index contributed by atoms with van der Waals surface area (Å²) in [4.78, 5) is 24.5. The molecule has 0 spiro atoms. The normalized spacial score (nSPS) is 13.1. The molecule has 0 aliphatic rings. The molecule has 2 atom stereocenters. The zero-order valence-corrected chi connectivity index (χ0v) is 45.1. The quantitative estimate of drug-likeness (QED) is 0.0321. The second-order valence-electron chi connectivity index (χ2n) is 20.0. The van der Waals surface area contributed by atoms with E-state index in [-0.39, 0.29) is 18.5 Å². The smallest absolute Gasteiger partial charge is 0.305 e. The van der Waals surface area contributed by atoms with Crippen LogP contribution >= 0.6 is 0 Å². The number of carbonyl (C=O) groups is 2. The molecule has 0 aromatic heterocycles. The molecule has 0 aliphatic carbocycles. The summed E-state index contributed by atoms with van der Waals surface area (Å²) in [7, 11) is 0. The van der Waals surface area contributed by atoms with Crippen LogP contribution in [0.1, 0.15) is 296 Å². The Labute approximate surface area is 422 Å². The molecule has 0 aliphatic heterocycles. The van der Waals surface area contributed by atoms with Gasteiger partial charge in [-0.05, 0) is 83.5 Å². The summed E-state index contributed by atoms with van der Waals surface area (Å²) >= 11 is 0. The average Bonchev–Trinajstić information content (AvgIpc) is 3.34. The van der Waals surface area contributed by atoms with Crippen molar-refractivity contribution < 1.29 is 24.5 Å². The first kappa shape index (κ1) is 65.6. The van der Waals surface area contributed by atoms with Crippen LogP contribution in [0, 0.1) is 0 Å². The number of rotatable bonds is 54. The highest BCUT2D eigenvalue weighted by Gasteiger charge is 2.17. The van der Waals surface area contributed by atoms with Crippen LogP contribution in [0.25, 0.3) is 0 Å². The molecule has 0 saturated carbocycles. The Bertz CT molecular complexity index is 1190. The van der Waals surface area contributed by atoms with E-state index in [1.807, 2.05) is 12.2 Å². The first-order valence-electron chi connectivity index (χ1n) is 29.6. The summed E-state index contributed by atoms with van der Waals surface area (Å²) < 4.78 is 5.46. The largest absolute Gasteiger partial charge is 0.466 e. The Kier molecular flexibility index (Phi) is 55.1. The first-order valence-corrected chi connectivity index (χ1v) is 29.6. The van der Waals surface area contributed by atoms with Gasteiger partial charge in [-0.25, -0.2) is 0 Å². The molecule has 0 radical (unpaired) electrons. The zero-order chi connectivity index (χ0) is 49.3. The summed E-state index contributed by atoms with van der Waals surface area (Å²) in [6, 6.07) is -0.675. The summed E-state index contributed by atoms with van der Waals surface area (Å²) in [5.41, 5.74) is 0. The van der Waals surface area contributed by atoms with Crippen LogP contribution < -0.4 is 5.32 Å². The van der Waals surface area contributed by atoms with Crippen molar-refractivity contribution in [3.63, 3.8) is 0 Å². The topological polar surface area (TPSA) is 95.9 Å². The molecule has 68 heavy (non-hydrogen) atoms. The Morgan fingerprint density at radius 3 is 1.18 bits per heavy atom. The molecular formula is C62H113NO5. The van der Waals surface area contributed by atoms with E-state index in [9.17, 15) is 19.8 Å². The number of esters is 1. The van der Waals surface area contributed by atoms with Gasteiger partial charge in [0.05, 0.1) is 25.4 Å². The van der Waals surface area contributed by atoms with Gasteiger partial charge in [-0.2, -0.15) is 0 Å². The van der Waals surface area contributed by atoms with E-state index in [2.05, 4.69) is 61.7 Å². The molecule has 6 heteroatoms. The maximum Gasteiger partial charge on any atom is 0.305 e. The molecule has 0 aromatic carbocycles. The van der Waals surface area contributed by atoms with Gasteiger partial charge in [0.25, 0.3) is 0 Å². The molecule has 0 heterocycles. The monoisotopic (exact) mass is 952 g/mol. The van der Waals surface area contributed by atoms with Crippen molar-refractivity contribution in [2.45, 2.75) is 309 Å². The highest BCUT2D eigenvalue weighted by atomic mass is 16.5. The lowest BCUT2D eigenvalue weighted by Gasteiger charge is -2.19. The number of ether oxygens (including phenoxy) is 1. The predicted molar refractivity (Wildman–Crippen MR) is 296 cm³/mol. The van der Waals surface area contributed by atoms with Crippen LogP contribution in [0.3, 0.4) is 0 Å². The lowest BCUT2D eigenvalue weighted by molar-refractivity contribution is -0.143. The molecule has 1 amide bonds. The standard InChI is InChI=1S/C62H113NO5/c1-3-5-7-9-11-13-15-17-19-21-22-23-24-26-27-30-34-38-42-46-50-54-60(65)59(58-64)63-61(66)55-51-47-43-39-35-31-29-33-37-41-45-49-53-57-68-62(67)56-52-48-44-40-36-32-28-25-20-18-16-14-12-10-8-6-4-2/h12,14,18,20,31,35,43,47,50,54,59-60,64-65H,3-11,13,15-17,19,21-30,32-34,36-42,44-46,48-49,51-53,55-58H2,1-2H3,(H,63,66)/b14-12-,20-18-,35-31-,47-43-,54-50+. The van der Waals surface area contributed by atoms with Crippen LogP contribution in [0.2, 0.25) is 0 Å². The number of unbranched alkanes of at least 4 members (excludes halogenated alkanes) is 35. The second-order valence-corrected chi connectivity index (χ2v) is 20.0. The molecule has 6 nitrogen and oxygen atoms in total. The fourth-order valence-corrected chi connectivity index (χ4v) is 8.71. The SMILES string of the molecule is CCCCC/C=C\C/C=C\CCCCCCCCCC(=O)OCCCCCCCC/C=C\C/C=C\CCC(=O)NC(CO)C(O)/C=C/CCCCCCCCCCCCCCCCCCCCC. The van der Waals surface area contributed by atoms with E-state index >= 15 is 0 Å². The van der Waals surface area contributed by atoms with E-state index in [1.165, 1.54) is 205 Å². The number of amides is 1. The van der Waals surface area contributed by atoms with Gasteiger partial charge in [-0.1, -0.05) is 261 Å². The minimum atomic E-state index is -0.882. The number of aliphatic hydroxyl groups is 2. The van der Waals surface area contributed by atoms with Gasteiger partial charge < -0.3 is 20.3 Å². The van der Waals surface area contributed by atoms with Crippen LogP contribution in [0.4, 0.5) is 0 Å². The van der Waals surface area contributed by atoms with Gasteiger partial charge in [0.2, 0.25) is 5.91 Å². The number of hydrogen-bond acceptors (Lipinski definition) is 5. The van der Waals surface area contributed by atoms with Crippen molar-refractivity contribution in [1.82, 2.24) is 5.32 Å². The fraction of sp³-hybridized carbons (Fsp3) is 0.806. The molecule has 2 unspecified atom stereocenters. The van der Waals surface area contributed by atoms with Gasteiger partial charge in [-0.3, -0.25) is 9.59 Å². The lowest BCUT2D eigenvalue weighted by atomic mass is 10.0. The third-order valence-electron chi connectivity index (χ3n) is 13.3. The molecule has 0 rings (SSSR count). The van der Waals surface area contributed by atoms with E-state index in [0.717, 1.165) is 57.8 Å². The number of hydrogen-bond donors (Lipinski definition) is 3. The molecule has 396 valence electrons. The maximum atomic E-state index is 12.4. The number of nitrogens with one attached hydrogen (secondary N) is 1. The van der Waals surface area contributed by atoms with Crippen molar-refractivity contribution in [2.24, 2.45) is 0 Å². The highest BCUT2D eigenvalue weighted by molar-refractivity contribution is 5.76. The maximum absolute atomic E-state index is 12.4. The summed E-state index contributed by atoms with van der Waals surface area (Å²) in [5, 5.41) is 23.1. The van der Waals surface area contributed by atoms with E-state index in [4.69, 9.17) is 4.74 Å². The first-order chi connectivity index (χ1) is 33.5. The Hall–Kier alpha value is -2.44. The third kappa shape index (κ3) is 52.9. The molecule has 3 N–H and O–H groups in total. The minimum absolute atomic E-state index is 0.0266. The minimum Gasteiger partial charge on any atom is -0.466 e. The number of carbonyl (C=O) groups excluding carboxylic acids is 2. The van der Waals surface area contributed by atoms with Crippen molar-refractivity contribution in [3.05, 3.63) is 60.8 Å². The summed E-state index contributed by atoms with van der Waals surface area (Å²) in [5.74, 6) is -0.175. The molecule has 0 aromatic rings. The summed E-state index contributed by atoms with van der Waals surface area (Å²) in [6.45, 7) is 4.82. The van der Waals surface area contributed by atoms with Crippen molar-refractivity contribution in [3.8, 4) is 0 Å². The second kappa shape index (κ2) is 57.1. The third-order valence-corrected chi connectivity index (χ3v) is 13.3. The number of aliphatic hydroxyl groups excluding tert-OH is 2. The van der Waals surface area contributed by atoms with Crippen molar-refractivity contribution in [1.29, 1.82) is 0 Å². The zero-order valence-electron chi connectivity index (χ0n) is 45.1. The van der Waals surface area contributed by atoms with Gasteiger partial charge in [0.1, 0.15) is 0 Å². The highest BCUT2D eigenvalue weighted by Crippen LogP contribution is 2.16. The lowest BCUT2D eigenvalue weighted by Crippen LogP contribution is -2.45. The molecule has 0 bridgehead atoms. The van der Waals surface area contributed by atoms with Crippen LogP contribution in [-0.2, 0) is 14.3 Å². The van der Waals surface area contributed by atoms with Crippen molar-refractivity contribution in [2.75, 3.05) is 13.2 Å². The van der Waals surface area contributed by atoms with Gasteiger partial charge >= 0.3 is 5.97 Å². The van der Waals surface area contributed by atoms with Gasteiger partial charge in [0, 0.05) is 12.8 Å². The fourth-order valence-electron chi connectivity index (χ4n) is 8.71. The van der Waals surface area contributed by atoms with Gasteiger partial charge in [0.15, 0.2) is 0 Å². The molecule has 0 saturated heterocycles. The van der Waals surface area contributed by atoms with Gasteiger partial charge in [-0.15, -0.1) is 0 Å². The predicted octanol–water partition coefficient (Wildman–Crippen LogP) is 18.4. The van der Waals surface area contributed by atoms with E-state index in [1.54, 1.807) is 6.08 Å². The van der Waals surface area contributed by atoms with Crippen LogP contribution in [-0.4, -0.2) is 47.4 Å². The van der Waals surface area contributed by atoms with E-state index < -0.39 is 12.1 Å².